The van der Waals surface area contributed by atoms with Gasteiger partial charge < -0.3 is 0 Å². The van der Waals surface area contributed by atoms with E-state index in [1.807, 2.05) is 0 Å². The molecule has 0 heterocycles. The molecule has 0 aromatic heterocycles. The Balaban J connectivity index is 4.41. The molecule has 0 unspecified atom stereocenters. The Kier molecular flexibility index (Phi) is 3.18. The Bertz CT molecular complexity index is 201. The first-order valence-electron chi connectivity index (χ1n) is 1.50. The number of sulfonamides is 1. The van der Waals surface area contributed by atoms with E-state index < -0.39 is 10.0 Å². The van der Waals surface area contributed by atoms with Crippen LogP contribution in [0.1, 0.15) is 0 Å². The summed E-state index contributed by atoms with van der Waals surface area (Å²) in [6.45, 7) is 0. The molecule has 0 aliphatic carbocycles. The highest BCUT2D eigenvalue weighted by molar-refractivity contribution is 14.1. The molecule has 6 heteroatoms. The van der Waals surface area contributed by atoms with Crippen LogP contribution in [0.3, 0.4) is 0 Å². The average Bonchev–Trinajstić information content (AvgIpc) is 1.67. The normalized spacial score (nSPS) is 10.1. The number of nitrogens with zero attached hydrogens (tertiary/aromatic N) is 1. The van der Waals surface area contributed by atoms with E-state index in [-0.39, 0.29) is 3.76 Å². The summed E-state index contributed by atoms with van der Waals surface area (Å²) in [4.78, 5) is 9.31. The maximum Gasteiger partial charge on any atom is 0.272 e. The third-order valence-corrected chi connectivity index (χ3v) is 3.30. The monoisotopic (exact) mass is 247 g/mol. The molecule has 0 saturated carbocycles. The standard InChI is InChI=1S/C2H2INO3S/c3-1-8(6,7)4-2-5/h1H2. The number of carbonyl (C=O) groups excluding carboxylic acids is 1. The zero-order valence-electron chi connectivity index (χ0n) is 3.67. The van der Waals surface area contributed by atoms with Gasteiger partial charge in [0, 0.05) is 0 Å². The first-order chi connectivity index (χ1) is 3.62. The van der Waals surface area contributed by atoms with Crippen LogP contribution in [0, 0.1) is 0 Å². The molecule has 0 aromatic carbocycles. The van der Waals surface area contributed by atoms with Crippen molar-refractivity contribution in [2.24, 2.45) is 4.40 Å². The van der Waals surface area contributed by atoms with Gasteiger partial charge in [0.15, 0.2) is 0 Å². The molecular formula is C2H2INO3S. The fourth-order valence-corrected chi connectivity index (χ4v) is 0.661. The van der Waals surface area contributed by atoms with E-state index in [1.165, 1.54) is 0 Å². The quantitative estimate of drug-likeness (QED) is 0.299. The molecule has 0 aliphatic heterocycles. The molecule has 0 N–H and O–H groups in total. The van der Waals surface area contributed by atoms with Crippen molar-refractivity contribution in [1.29, 1.82) is 0 Å². The number of alkyl halides is 1. The van der Waals surface area contributed by atoms with Gasteiger partial charge in [0.25, 0.3) is 16.1 Å². The first-order valence-corrected chi connectivity index (χ1v) is 4.63. The van der Waals surface area contributed by atoms with Crippen LogP contribution >= 0.6 is 22.6 Å². The summed E-state index contributed by atoms with van der Waals surface area (Å²) in [5.74, 6) is 0. The van der Waals surface area contributed by atoms with Crippen LogP contribution in [0.25, 0.3) is 0 Å². The molecule has 0 bridgehead atoms. The van der Waals surface area contributed by atoms with E-state index in [9.17, 15) is 13.2 Å². The molecule has 0 atom stereocenters. The Morgan fingerprint density at radius 1 is 1.62 bits per heavy atom. The van der Waals surface area contributed by atoms with Crippen molar-refractivity contribution in [3.8, 4) is 0 Å². The van der Waals surface area contributed by atoms with Gasteiger partial charge in [-0.25, -0.2) is 13.2 Å². The highest BCUT2D eigenvalue weighted by Gasteiger charge is 2.01. The van der Waals surface area contributed by atoms with Gasteiger partial charge in [-0.3, -0.25) is 0 Å². The number of halogens is 1. The van der Waals surface area contributed by atoms with Gasteiger partial charge in [0.2, 0.25) is 0 Å². The summed E-state index contributed by atoms with van der Waals surface area (Å²) in [6.07, 6.45) is 0.941. The zero-order valence-corrected chi connectivity index (χ0v) is 6.64. The lowest BCUT2D eigenvalue weighted by molar-refractivity contribution is 0.564. The molecule has 4 nitrogen and oxygen atoms in total. The van der Waals surface area contributed by atoms with Crippen LogP contribution in [-0.4, -0.2) is 18.3 Å². The second kappa shape index (κ2) is 3.16. The molecule has 0 aromatic rings. The zero-order chi connectivity index (χ0) is 6.62. The lowest BCUT2D eigenvalue weighted by atomic mass is 11.7. The van der Waals surface area contributed by atoms with Gasteiger partial charge in [-0.15, -0.1) is 0 Å². The topological polar surface area (TPSA) is 63.6 Å². The summed E-state index contributed by atoms with van der Waals surface area (Å²) in [5, 5.41) is 0. The average molecular weight is 247 g/mol. The fraction of sp³-hybridized carbons (Fsp3) is 0.500. The Morgan fingerprint density at radius 2 is 2.12 bits per heavy atom. The maximum absolute atomic E-state index is 10.2. The van der Waals surface area contributed by atoms with Crippen LogP contribution in [0.4, 0.5) is 0 Å². The molecule has 0 saturated heterocycles. The van der Waals surface area contributed by atoms with Gasteiger partial charge in [-0.1, -0.05) is 27.0 Å². The Labute approximate surface area is 60.2 Å². The summed E-state index contributed by atoms with van der Waals surface area (Å²) in [6, 6.07) is 0. The van der Waals surface area contributed by atoms with Crippen LogP contribution in [-0.2, 0) is 14.8 Å². The van der Waals surface area contributed by atoms with Gasteiger partial charge in [-0.2, -0.15) is 0 Å². The largest absolute Gasteiger partial charge is 0.272 e. The van der Waals surface area contributed by atoms with Crippen molar-refractivity contribution in [3.63, 3.8) is 0 Å². The molecule has 0 spiro atoms. The van der Waals surface area contributed by atoms with Crippen LogP contribution in [0.15, 0.2) is 4.40 Å². The van der Waals surface area contributed by atoms with Gasteiger partial charge >= 0.3 is 0 Å². The summed E-state index contributed by atoms with van der Waals surface area (Å²) < 4.78 is 22.7. The van der Waals surface area contributed by atoms with Crippen molar-refractivity contribution in [3.05, 3.63) is 0 Å². The van der Waals surface area contributed by atoms with Gasteiger partial charge in [0.1, 0.15) is 3.76 Å². The predicted octanol–water partition coefficient (Wildman–Crippen LogP) is 0.0445. The summed E-state index contributed by atoms with van der Waals surface area (Å²) >= 11 is 1.59. The van der Waals surface area contributed by atoms with Crippen molar-refractivity contribution in [1.82, 2.24) is 0 Å². The molecule has 0 radical (unpaired) electrons. The smallest absolute Gasteiger partial charge is 0.210 e. The fourth-order valence-electron chi connectivity index (χ4n) is 0.0812. The summed E-state index contributed by atoms with van der Waals surface area (Å²) in [5.41, 5.74) is 0. The Morgan fingerprint density at radius 3 is 2.25 bits per heavy atom. The minimum Gasteiger partial charge on any atom is -0.210 e. The molecule has 0 amide bonds. The minimum absolute atomic E-state index is 0.181. The highest BCUT2D eigenvalue weighted by atomic mass is 127. The SMILES string of the molecule is O=C=NS(=O)(=O)CI. The van der Waals surface area contributed by atoms with Crippen molar-refractivity contribution in [2.45, 2.75) is 0 Å². The molecule has 8 heavy (non-hydrogen) atoms. The van der Waals surface area contributed by atoms with Crippen molar-refractivity contribution in [2.75, 3.05) is 3.76 Å². The van der Waals surface area contributed by atoms with E-state index in [1.54, 1.807) is 22.6 Å². The van der Waals surface area contributed by atoms with Crippen molar-refractivity contribution >= 4 is 38.7 Å². The molecular weight excluding hydrogens is 245 g/mol. The number of hydrogen-bond donors (Lipinski definition) is 0. The second-order valence-electron chi connectivity index (χ2n) is 0.874. The third-order valence-electron chi connectivity index (χ3n) is 0.314. The molecule has 0 aliphatic rings. The van der Waals surface area contributed by atoms with Gasteiger partial charge in [0.05, 0.1) is 0 Å². The Hall–Kier alpha value is 0.0600. The lowest BCUT2D eigenvalue weighted by Crippen LogP contribution is -1.93. The van der Waals surface area contributed by atoms with E-state index >= 15 is 0 Å². The van der Waals surface area contributed by atoms with Crippen LogP contribution in [0.5, 0.6) is 0 Å². The van der Waals surface area contributed by atoms with E-state index in [0.29, 0.717) is 0 Å². The molecule has 0 rings (SSSR count). The second-order valence-corrected chi connectivity index (χ2v) is 4.31. The maximum atomic E-state index is 10.2. The number of hydrogen-bond acceptors (Lipinski definition) is 3. The summed E-state index contributed by atoms with van der Waals surface area (Å²) in [7, 11) is -3.48. The first kappa shape index (κ1) is 8.06. The highest BCUT2D eigenvalue weighted by Crippen LogP contribution is 1.94. The van der Waals surface area contributed by atoms with E-state index in [0.717, 1.165) is 6.08 Å². The molecule has 46 valence electrons. The lowest BCUT2D eigenvalue weighted by Gasteiger charge is -1.80. The molecule has 0 fully saturated rings. The van der Waals surface area contributed by atoms with Crippen LogP contribution in [0.2, 0.25) is 0 Å². The number of rotatable bonds is 2. The third kappa shape index (κ3) is 3.11. The van der Waals surface area contributed by atoms with Crippen LogP contribution < -0.4 is 0 Å². The minimum atomic E-state index is -3.48. The number of isocyanates is 1. The van der Waals surface area contributed by atoms with Gasteiger partial charge in [-0.05, 0) is 0 Å². The van der Waals surface area contributed by atoms with Crippen molar-refractivity contribution < 1.29 is 13.2 Å². The van der Waals surface area contributed by atoms with E-state index in [2.05, 4.69) is 4.40 Å². The van der Waals surface area contributed by atoms with E-state index in [4.69, 9.17) is 0 Å². The predicted molar refractivity (Wildman–Crippen MR) is 35.9 cm³/mol.